The first-order valence-corrected chi connectivity index (χ1v) is 9.99. The van der Waals surface area contributed by atoms with Crippen molar-refractivity contribution < 1.29 is 13.2 Å². The number of hydrogen-bond acceptors (Lipinski definition) is 4. The van der Waals surface area contributed by atoms with E-state index in [1.165, 1.54) is 18.2 Å². The van der Waals surface area contributed by atoms with Crippen LogP contribution in [-0.2, 0) is 10.0 Å². The van der Waals surface area contributed by atoms with Gasteiger partial charge >= 0.3 is 0 Å². The van der Waals surface area contributed by atoms with Crippen LogP contribution in [0.4, 0.5) is 5.69 Å². The summed E-state index contributed by atoms with van der Waals surface area (Å²) in [5.74, 6) is -0.347. The largest absolute Gasteiger partial charge is 0.375 e. The quantitative estimate of drug-likeness (QED) is 0.665. The fourth-order valence-electron chi connectivity index (χ4n) is 2.28. The third-order valence-electron chi connectivity index (χ3n) is 3.66. The van der Waals surface area contributed by atoms with Gasteiger partial charge in [-0.1, -0.05) is 18.2 Å². The number of halogens is 1. The first-order valence-electron chi connectivity index (χ1n) is 7.66. The monoisotopic (exact) mass is 425 g/mol. The van der Waals surface area contributed by atoms with Gasteiger partial charge in [0.15, 0.2) is 0 Å². The predicted octanol–water partition coefficient (Wildman–Crippen LogP) is 2.35. The van der Waals surface area contributed by atoms with E-state index in [9.17, 15) is 13.2 Å². The van der Waals surface area contributed by atoms with Crippen molar-refractivity contribution in [1.29, 1.82) is 0 Å². The Morgan fingerprint density at radius 3 is 2.52 bits per heavy atom. The van der Waals surface area contributed by atoms with E-state index >= 15 is 0 Å². The molecule has 0 unspecified atom stereocenters. The molecule has 0 aliphatic rings. The van der Waals surface area contributed by atoms with E-state index in [2.05, 4.69) is 26.1 Å². The molecule has 3 N–H and O–H groups in total. The maximum absolute atomic E-state index is 12.3. The molecule has 0 radical (unpaired) electrons. The van der Waals surface area contributed by atoms with Crippen LogP contribution in [0.5, 0.6) is 0 Å². The summed E-state index contributed by atoms with van der Waals surface area (Å²) in [5, 5.41) is 7.90. The molecule has 0 spiro atoms. The van der Waals surface area contributed by atoms with Crippen LogP contribution in [0.15, 0.2) is 57.9 Å². The van der Waals surface area contributed by atoms with Crippen molar-refractivity contribution in [2.75, 3.05) is 25.0 Å². The van der Waals surface area contributed by atoms with Gasteiger partial charge in [-0.2, -0.15) is 0 Å². The van der Waals surface area contributed by atoms with Crippen molar-refractivity contribution in [2.45, 2.75) is 11.3 Å². The average Bonchev–Trinajstić information content (AvgIpc) is 2.58. The molecular formula is C17H20BrN3O3S. The standard InChI is InChI=1S/C17H20BrN3O3S/c1-21(13-6-3-2-4-7-13)11-5-10-20-17(22)15-12-14(25(19,23)24)8-9-16(15)18/h2-4,6-9,12H,5,10-11H2,1H3,(H,20,22)(H2,19,23,24). The number of nitrogens with zero attached hydrogens (tertiary/aromatic N) is 1. The van der Waals surface area contributed by atoms with Crippen molar-refractivity contribution in [2.24, 2.45) is 5.14 Å². The van der Waals surface area contributed by atoms with Crippen LogP contribution in [-0.4, -0.2) is 34.5 Å². The minimum Gasteiger partial charge on any atom is -0.375 e. The van der Waals surface area contributed by atoms with Crippen LogP contribution in [0.1, 0.15) is 16.8 Å². The summed E-state index contributed by atoms with van der Waals surface area (Å²) in [6.07, 6.45) is 0.754. The maximum Gasteiger partial charge on any atom is 0.252 e. The van der Waals surface area contributed by atoms with Gasteiger partial charge in [-0.15, -0.1) is 0 Å². The summed E-state index contributed by atoms with van der Waals surface area (Å²) in [5.41, 5.74) is 1.35. The second-order valence-corrected chi connectivity index (χ2v) is 7.97. The van der Waals surface area contributed by atoms with E-state index in [4.69, 9.17) is 5.14 Å². The summed E-state index contributed by atoms with van der Waals surface area (Å²) < 4.78 is 23.3. The van der Waals surface area contributed by atoms with Crippen LogP contribution < -0.4 is 15.4 Å². The molecule has 2 aromatic carbocycles. The van der Waals surface area contributed by atoms with Gasteiger partial charge in [-0.05, 0) is 52.7 Å². The van der Waals surface area contributed by atoms with Crippen LogP contribution in [0.25, 0.3) is 0 Å². The molecule has 0 heterocycles. The topological polar surface area (TPSA) is 92.5 Å². The van der Waals surface area contributed by atoms with Gasteiger partial charge in [0.05, 0.1) is 10.5 Å². The lowest BCUT2D eigenvalue weighted by Gasteiger charge is -2.19. The first kappa shape index (κ1) is 19.4. The Bertz CT molecular complexity index is 841. The number of benzene rings is 2. The molecule has 0 bridgehead atoms. The number of nitrogens with two attached hydrogens (primary N) is 1. The van der Waals surface area contributed by atoms with Gasteiger partial charge in [0.2, 0.25) is 10.0 Å². The van der Waals surface area contributed by atoms with Crippen LogP contribution >= 0.6 is 15.9 Å². The fraction of sp³-hybridized carbons (Fsp3) is 0.235. The van der Waals surface area contributed by atoms with E-state index in [1.807, 2.05) is 37.4 Å². The van der Waals surface area contributed by atoms with E-state index in [-0.39, 0.29) is 16.4 Å². The number of hydrogen-bond donors (Lipinski definition) is 2. The van der Waals surface area contributed by atoms with Crippen molar-refractivity contribution in [3.63, 3.8) is 0 Å². The molecule has 6 nitrogen and oxygen atoms in total. The van der Waals surface area contributed by atoms with E-state index in [1.54, 1.807) is 0 Å². The van der Waals surface area contributed by atoms with Gasteiger partial charge in [-0.3, -0.25) is 4.79 Å². The molecule has 0 fully saturated rings. The zero-order valence-electron chi connectivity index (χ0n) is 13.8. The second-order valence-electron chi connectivity index (χ2n) is 5.55. The van der Waals surface area contributed by atoms with Crippen molar-refractivity contribution in [1.82, 2.24) is 5.32 Å². The Balaban J connectivity index is 1.90. The van der Waals surface area contributed by atoms with Gasteiger partial charge < -0.3 is 10.2 Å². The SMILES string of the molecule is CN(CCCNC(=O)c1cc(S(N)(=O)=O)ccc1Br)c1ccccc1. The Morgan fingerprint density at radius 1 is 1.20 bits per heavy atom. The summed E-state index contributed by atoms with van der Waals surface area (Å²) >= 11 is 3.26. The highest BCUT2D eigenvalue weighted by molar-refractivity contribution is 9.10. The molecule has 0 saturated carbocycles. The molecule has 0 aliphatic heterocycles. The molecule has 2 aromatic rings. The number of amides is 1. The fourth-order valence-corrected chi connectivity index (χ4v) is 3.25. The normalized spacial score (nSPS) is 11.2. The third-order valence-corrected chi connectivity index (χ3v) is 5.27. The zero-order valence-corrected chi connectivity index (χ0v) is 16.2. The first-order chi connectivity index (χ1) is 11.8. The van der Waals surface area contributed by atoms with E-state index in [0.717, 1.165) is 18.7 Å². The predicted molar refractivity (Wildman–Crippen MR) is 102 cm³/mol. The van der Waals surface area contributed by atoms with Gasteiger partial charge in [0, 0.05) is 30.3 Å². The summed E-state index contributed by atoms with van der Waals surface area (Å²) in [6.45, 7) is 1.25. The lowest BCUT2D eigenvalue weighted by molar-refractivity contribution is 0.0952. The zero-order chi connectivity index (χ0) is 18.4. The molecule has 134 valence electrons. The summed E-state index contributed by atoms with van der Waals surface area (Å²) in [4.78, 5) is 14.3. The number of carbonyl (C=O) groups excluding carboxylic acids is 1. The van der Waals surface area contributed by atoms with E-state index in [0.29, 0.717) is 11.0 Å². The molecule has 8 heteroatoms. The molecule has 0 atom stereocenters. The molecule has 1 amide bonds. The molecule has 0 saturated heterocycles. The van der Waals surface area contributed by atoms with Crippen LogP contribution in [0.3, 0.4) is 0 Å². The summed E-state index contributed by atoms with van der Waals surface area (Å²) in [6, 6.07) is 14.1. The number of para-hydroxylation sites is 1. The second kappa shape index (κ2) is 8.46. The number of carbonyl (C=O) groups is 1. The highest BCUT2D eigenvalue weighted by atomic mass is 79.9. The number of primary sulfonamides is 1. The Kier molecular flexibility index (Phi) is 6.57. The molecule has 0 aliphatic carbocycles. The number of rotatable bonds is 7. The maximum atomic E-state index is 12.3. The molecule has 0 aromatic heterocycles. The molecule has 25 heavy (non-hydrogen) atoms. The summed E-state index contributed by atoms with van der Waals surface area (Å²) in [7, 11) is -1.86. The van der Waals surface area contributed by atoms with Gasteiger partial charge in [0.25, 0.3) is 5.91 Å². The third kappa shape index (κ3) is 5.55. The minimum absolute atomic E-state index is 0.0929. The van der Waals surface area contributed by atoms with Crippen molar-refractivity contribution >= 4 is 37.5 Å². The Morgan fingerprint density at radius 2 is 1.88 bits per heavy atom. The molecule has 2 rings (SSSR count). The Hall–Kier alpha value is -1.90. The lowest BCUT2D eigenvalue weighted by Crippen LogP contribution is -2.28. The highest BCUT2D eigenvalue weighted by Crippen LogP contribution is 2.20. The van der Waals surface area contributed by atoms with Crippen molar-refractivity contribution in [3.05, 3.63) is 58.6 Å². The minimum atomic E-state index is -3.85. The molecular weight excluding hydrogens is 406 g/mol. The lowest BCUT2D eigenvalue weighted by atomic mass is 10.2. The van der Waals surface area contributed by atoms with Gasteiger partial charge in [0.1, 0.15) is 0 Å². The van der Waals surface area contributed by atoms with Crippen LogP contribution in [0.2, 0.25) is 0 Å². The smallest absolute Gasteiger partial charge is 0.252 e. The number of anilines is 1. The van der Waals surface area contributed by atoms with Crippen LogP contribution in [0, 0.1) is 0 Å². The van der Waals surface area contributed by atoms with Gasteiger partial charge in [-0.25, -0.2) is 13.6 Å². The number of nitrogens with one attached hydrogen (secondary N) is 1. The van der Waals surface area contributed by atoms with Crippen molar-refractivity contribution in [3.8, 4) is 0 Å². The highest BCUT2D eigenvalue weighted by Gasteiger charge is 2.15. The number of sulfonamides is 1. The Labute approximate surface area is 156 Å². The van der Waals surface area contributed by atoms with E-state index < -0.39 is 10.0 Å². The average molecular weight is 426 g/mol.